The molecule has 0 aromatic heterocycles. The highest BCUT2D eigenvalue weighted by molar-refractivity contribution is 8.18. The molecule has 0 N–H and O–H groups in total. The summed E-state index contributed by atoms with van der Waals surface area (Å²) in [5.74, 6) is -0.0860. The minimum atomic E-state index is -0.495. The highest BCUT2D eigenvalue weighted by atomic mass is 32.2. The lowest BCUT2D eigenvalue weighted by atomic mass is 10.00. The summed E-state index contributed by atoms with van der Waals surface area (Å²) in [5.41, 5.74) is 3.76. The van der Waals surface area contributed by atoms with Crippen molar-refractivity contribution in [2.24, 2.45) is 0 Å². The molecular weight excluding hydrogens is 519 g/mol. The van der Waals surface area contributed by atoms with Gasteiger partial charge in [0.05, 0.1) is 11.5 Å². The van der Waals surface area contributed by atoms with E-state index in [-0.39, 0.29) is 29.8 Å². The molecule has 3 amide bonds. The van der Waals surface area contributed by atoms with Crippen LogP contribution in [0.1, 0.15) is 29.2 Å². The Morgan fingerprint density at radius 3 is 2.54 bits per heavy atom. The maximum atomic E-state index is 13.2. The predicted octanol–water partition coefficient (Wildman–Crippen LogP) is 5.42. The Labute approximate surface area is 230 Å². The fraction of sp³-hybridized carbons (Fsp3) is 0.233. The van der Waals surface area contributed by atoms with E-state index in [0.29, 0.717) is 36.8 Å². The number of halogens is 1. The van der Waals surface area contributed by atoms with E-state index in [4.69, 9.17) is 9.47 Å². The second-order valence-electron chi connectivity index (χ2n) is 9.16. The quantitative estimate of drug-likeness (QED) is 0.351. The summed E-state index contributed by atoms with van der Waals surface area (Å²) < 4.78 is 24.8. The first kappa shape index (κ1) is 26.5. The predicted molar refractivity (Wildman–Crippen MR) is 147 cm³/mol. The van der Waals surface area contributed by atoms with Crippen molar-refractivity contribution in [3.8, 4) is 11.5 Å². The van der Waals surface area contributed by atoms with Crippen LogP contribution >= 0.6 is 11.8 Å². The minimum absolute atomic E-state index is 0.231. The van der Waals surface area contributed by atoms with Gasteiger partial charge >= 0.3 is 0 Å². The number of nitrogens with zero attached hydrogens (tertiary/aromatic N) is 2. The lowest BCUT2D eigenvalue weighted by Gasteiger charge is -2.29. The van der Waals surface area contributed by atoms with Gasteiger partial charge in [0.1, 0.15) is 19.0 Å². The van der Waals surface area contributed by atoms with Crippen molar-refractivity contribution < 1.29 is 28.2 Å². The Kier molecular flexibility index (Phi) is 7.97. The van der Waals surface area contributed by atoms with Gasteiger partial charge in [0.25, 0.3) is 11.1 Å². The van der Waals surface area contributed by atoms with Crippen molar-refractivity contribution in [1.29, 1.82) is 0 Å². The van der Waals surface area contributed by atoms with E-state index in [2.05, 4.69) is 6.07 Å². The highest BCUT2D eigenvalue weighted by Crippen LogP contribution is 2.35. The Morgan fingerprint density at radius 1 is 1.00 bits per heavy atom. The number of rotatable bonds is 8. The second kappa shape index (κ2) is 11.7. The number of carbonyl (C=O) groups is 3. The van der Waals surface area contributed by atoms with Gasteiger partial charge < -0.3 is 14.4 Å². The van der Waals surface area contributed by atoms with Crippen LogP contribution in [0.5, 0.6) is 11.5 Å². The van der Waals surface area contributed by atoms with Crippen molar-refractivity contribution in [2.45, 2.75) is 26.5 Å². The van der Waals surface area contributed by atoms with E-state index in [1.54, 1.807) is 41.3 Å². The van der Waals surface area contributed by atoms with Gasteiger partial charge in [-0.25, -0.2) is 4.39 Å². The Balaban J connectivity index is 1.26. The van der Waals surface area contributed by atoms with Gasteiger partial charge in [-0.1, -0.05) is 42.5 Å². The fourth-order valence-corrected chi connectivity index (χ4v) is 5.31. The number of carbonyl (C=O) groups excluding carboxylic acids is 3. The summed E-state index contributed by atoms with van der Waals surface area (Å²) >= 11 is 0.811. The maximum Gasteiger partial charge on any atom is 0.294 e. The van der Waals surface area contributed by atoms with Crippen molar-refractivity contribution in [2.75, 3.05) is 19.7 Å². The zero-order valence-electron chi connectivity index (χ0n) is 21.4. The van der Waals surface area contributed by atoms with Crippen LogP contribution in [0.2, 0.25) is 0 Å². The van der Waals surface area contributed by atoms with Gasteiger partial charge in [-0.3, -0.25) is 19.3 Å². The third-order valence-electron chi connectivity index (χ3n) is 6.52. The lowest BCUT2D eigenvalue weighted by Crippen LogP contribution is -2.44. The summed E-state index contributed by atoms with van der Waals surface area (Å²) in [4.78, 5) is 41.6. The molecule has 5 rings (SSSR count). The minimum Gasteiger partial charge on any atom is -0.490 e. The normalized spacial score (nSPS) is 16.0. The molecule has 0 saturated carbocycles. The van der Waals surface area contributed by atoms with Crippen LogP contribution in [0.15, 0.2) is 71.6 Å². The first-order valence-electron chi connectivity index (χ1n) is 12.7. The van der Waals surface area contributed by atoms with Crippen molar-refractivity contribution >= 4 is 34.9 Å². The number of fused-ring (bicyclic) bond motifs is 1. The van der Waals surface area contributed by atoms with E-state index >= 15 is 0 Å². The Bertz CT molecular complexity index is 1440. The number of hydrogen-bond acceptors (Lipinski definition) is 6. The zero-order valence-corrected chi connectivity index (χ0v) is 22.2. The standard InChI is InChI=1S/C30H27FN2O5S/c1-2-37-26-15-21(9-12-25(26)38-19-20-7-10-24(31)11-8-20)16-27-29(35)33(30(36)39-27)18-28(34)32-14-13-22-5-3-4-6-23(22)17-32/h3-12,15-16H,2,13-14,17-19H2,1H3/b27-16-. The first-order chi connectivity index (χ1) is 18.9. The van der Waals surface area contributed by atoms with Gasteiger partial charge in [0, 0.05) is 13.1 Å². The maximum absolute atomic E-state index is 13.2. The molecule has 200 valence electrons. The topological polar surface area (TPSA) is 76.2 Å². The number of imide groups is 1. The molecular formula is C30H27FN2O5S. The van der Waals surface area contributed by atoms with Crippen LogP contribution in [-0.4, -0.2) is 46.5 Å². The fourth-order valence-electron chi connectivity index (χ4n) is 4.48. The van der Waals surface area contributed by atoms with E-state index in [1.807, 2.05) is 25.1 Å². The molecule has 3 aromatic carbocycles. The van der Waals surface area contributed by atoms with Crippen LogP contribution in [0.4, 0.5) is 9.18 Å². The van der Waals surface area contributed by atoms with E-state index in [1.165, 1.54) is 17.7 Å². The lowest BCUT2D eigenvalue weighted by molar-refractivity contribution is -0.136. The van der Waals surface area contributed by atoms with Crippen molar-refractivity contribution in [3.63, 3.8) is 0 Å². The van der Waals surface area contributed by atoms with E-state index in [9.17, 15) is 18.8 Å². The third kappa shape index (κ3) is 6.15. The summed E-state index contributed by atoms with van der Waals surface area (Å²) in [5, 5.41) is -0.471. The molecule has 9 heteroatoms. The largest absolute Gasteiger partial charge is 0.490 e. The summed E-state index contributed by atoms with van der Waals surface area (Å²) in [6.45, 7) is 3.21. The monoisotopic (exact) mass is 546 g/mol. The molecule has 0 spiro atoms. The van der Waals surface area contributed by atoms with Crippen LogP contribution in [0, 0.1) is 5.82 Å². The average Bonchev–Trinajstić information content (AvgIpc) is 3.20. The molecule has 0 aliphatic carbocycles. The molecule has 0 atom stereocenters. The molecule has 2 heterocycles. The van der Waals surface area contributed by atoms with Gasteiger partial charge in [-0.15, -0.1) is 0 Å². The third-order valence-corrected chi connectivity index (χ3v) is 7.43. The molecule has 0 unspecified atom stereocenters. The van der Waals surface area contributed by atoms with E-state index < -0.39 is 11.1 Å². The molecule has 3 aromatic rings. The average molecular weight is 547 g/mol. The Hall–Kier alpha value is -4.11. The molecule has 39 heavy (non-hydrogen) atoms. The van der Waals surface area contributed by atoms with Crippen molar-refractivity contribution in [1.82, 2.24) is 9.80 Å². The van der Waals surface area contributed by atoms with Gasteiger partial charge in [-0.2, -0.15) is 0 Å². The molecule has 7 nitrogen and oxygen atoms in total. The van der Waals surface area contributed by atoms with Crippen LogP contribution < -0.4 is 9.47 Å². The molecule has 2 aliphatic rings. The van der Waals surface area contributed by atoms with Crippen LogP contribution in [0.25, 0.3) is 6.08 Å². The van der Waals surface area contributed by atoms with E-state index in [0.717, 1.165) is 34.2 Å². The smallest absolute Gasteiger partial charge is 0.294 e. The van der Waals surface area contributed by atoms with Crippen LogP contribution in [-0.2, 0) is 29.2 Å². The highest BCUT2D eigenvalue weighted by Gasteiger charge is 2.37. The number of thioether (sulfide) groups is 1. The molecule has 0 bridgehead atoms. The van der Waals surface area contributed by atoms with Gasteiger partial charge in [0.2, 0.25) is 5.91 Å². The van der Waals surface area contributed by atoms with Crippen molar-refractivity contribution in [3.05, 3.63) is 99.7 Å². The first-order valence-corrected chi connectivity index (χ1v) is 13.5. The number of ether oxygens (including phenoxy) is 2. The molecule has 1 fully saturated rings. The Morgan fingerprint density at radius 2 is 1.77 bits per heavy atom. The number of hydrogen-bond donors (Lipinski definition) is 0. The second-order valence-corrected chi connectivity index (χ2v) is 10.1. The number of amides is 3. The molecule has 2 aliphatic heterocycles. The molecule has 0 radical (unpaired) electrons. The zero-order chi connectivity index (χ0) is 27.4. The summed E-state index contributed by atoms with van der Waals surface area (Å²) in [6.07, 6.45) is 2.36. The van der Waals surface area contributed by atoms with Crippen LogP contribution in [0.3, 0.4) is 0 Å². The number of benzene rings is 3. The molecule has 1 saturated heterocycles. The summed E-state index contributed by atoms with van der Waals surface area (Å²) in [7, 11) is 0. The van der Waals surface area contributed by atoms with Gasteiger partial charge in [-0.05, 0) is 77.7 Å². The SMILES string of the molecule is CCOc1cc(/C=C2\SC(=O)N(CC(=O)N3CCc4ccccc4C3)C2=O)ccc1OCc1ccc(F)cc1. The summed E-state index contributed by atoms with van der Waals surface area (Å²) in [6, 6.07) is 19.2. The van der Waals surface area contributed by atoms with Gasteiger partial charge in [0.15, 0.2) is 11.5 Å².